The first-order valence-corrected chi connectivity index (χ1v) is 7.41. The molecule has 5 heteroatoms. The Labute approximate surface area is 120 Å². The van der Waals surface area contributed by atoms with Crippen LogP contribution in [0.15, 0.2) is 4.99 Å². The molecule has 0 radical (unpaired) electrons. The second-order valence-corrected chi connectivity index (χ2v) is 6.07. The van der Waals surface area contributed by atoms with Crippen molar-refractivity contribution in [3.63, 3.8) is 0 Å². The number of methoxy groups -OCH3 is 1. The second kappa shape index (κ2) is 5.54. The number of aliphatic imine (C=N–C) groups is 1. The Balaban J connectivity index is 2.49. The van der Waals surface area contributed by atoms with E-state index in [1.807, 2.05) is 13.8 Å². The van der Waals surface area contributed by atoms with Crippen LogP contribution in [0, 0.1) is 5.92 Å². The maximum atomic E-state index is 12.7. The van der Waals surface area contributed by atoms with E-state index in [4.69, 9.17) is 4.74 Å². The lowest BCUT2D eigenvalue weighted by molar-refractivity contribution is -0.147. The van der Waals surface area contributed by atoms with Gasteiger partial charge in [0.25, 0.3) is 0 Å². The van der Waals surface area contributed by atoms with E-state index in [9.17, 15) is 9.59 Å². The minimum atomic E-state index is -0.500. The normalized spacial score (nSPS) is 30.4. The number of ketones is 1. The van der Waals surface area contributed by atoms with Crippen LogP contribution in [0.5, 0.6) is 0 Å². The summed E-state index contributed by atoms with van der Waals surface area (Å²) < 4.78 is 5.53. The lowest BCUT2D eigenvalue weighted by Crippen LogP contribution is -2.66. The SMILES string of the molecule is CCC[C@@]12CCC(=O)CN1C(=O)[C@H](C(C)C)N=C2OC. The molecule has 5 nitrogen and oxygen atoms in total. The molecule has 0 saturated carbocycles. The van der Waals surface area contributed by atoms with Crippen LogP contribution in [0.2, 0.25) is 0 Å². The van der Waals surface area contributed by atoms with Gasteiger partial charge in [-0.2, -0.15) is 0 Å². The van der Waals surface area contributed by atoms with E-state index in [-0.39, 0.29) is 24.2 Å². The van der Waals surface area contributed by atoms with Gasteiger partial charge in [0.15, 0.2) is 5.78 Å². The predicted molar refractivity (Wildman–Crippen MR) is 76.7 cm³/mol. The quantitative estimate of drug-likeness (QED) is 0.792. The highest BCUT2D eigenvalue weighted by Gasteiger charge is 2.53. The molecular formula is C15H24N2O3. The molecule has 2 aliphatic rings. The van der Waals surface area contributed by atoms with Crippen molar-refractivity contribution in [1.82, 2.24) is 4.90 Å². The molecule has 0 aromatic rings. The van der Waals surface area contributed by atoms with Crippen molar-refractivity contribution in [2.45, 2.75) is 58.0 Å². The molecule has 2 heterocycles. The monoisotopic (exact) mass is 280 g/mol. The lowest BCUT2D eigenvalue weighted by atomic mass is 9.79. The zero-order chi connectivity index (χ0) is 14.9. The highest BCUT2D eigenvalue weighted by atomic mass is 16.5. The molecule has 2 atom stereocenters. The molecule has 0 spiro atoms. The van der Waals surface area contributed by atoms with Gasteiger partial charge in [0, 0.05) is 6.42 Å². The fraction of sp³-hybridized carbons (Fsp3) is 0.800. The number of hydrogen-bond donors (Lipinski definition) is 0. The zero-order valence-electron chi connectivity index (χ0n) is 12.8. The van der Waals surface area contributed by atoms with Crippen LogP contribution in [-0.4, -0.2) is 47.7 Å². The third kappa shape index (κ3) is 2.23. The van der Waals surface area contributed by atoms with Gasteiger partial charge in [0.1, 0.15) is 11.6 Å². The van der Waals surface area contributed by atoms with Gasteiger partial charge in [-0.3, -0.25) is 9.59 Å². The van der Waals surface area contributed by atoms with E-state index >= 15 is 0 Å². The van der Waals surface area contributed by atoms with E-state index in [1.54, 1.807) is 12.0 Å². The summed E-state index contributed by atoms with van der Waals surface area (Å²) in [6.45, 7) is 6.22. The largest absolute Gasteiger partial charge is 0.483 e. The van der Waals surface area contributed by atoms with Crippen LogP contribution < -0.4 is 0 Å². The van der Waals surface area contributed by atoms with Gasteiger partial charge in [-0.05, 0) is 18.8 Å². The Hall–Kier alpha value is -1.39. The van der Waals surface area contributed by atoms with Crippen LogP contribution in [-0.2, 0) is 14.3 Å². The second-order valence-electron chi connectivity index (χ2n) is 6.07. The number of carbonyl (C=O) groups is 2. The van der Waals surface area contributed by atoms with Crippen molar-refractivity contribution in [3.05, 3.63) is 0 Å². The van der Waals surface area contributed by atoms with E-state index < -0.39 is 11.6 Å². The topological polar surface area (TPSA) is 59.0 Å². The molecule has 1 amide bonds. The molecule has 0 aliphatic carbocycles. The van der Waals surface area contributed by atoms with Gasteiger partial charge in [-0.15, -0.1) is 0 Å². The van der Waals surface area contributed by atoms with E-state index in [0.717, 1.165) is 12.8 Å². The van der Waals surface area contributed by atoms with Crippen molar-refractivity contribution in [2.75, 3.05) is 13.7 Å². The molecule has 0 aromatic heterocycles. The van der Waals surface area contributed by atoms with Gasteiger partial charge < -0.3 is 9.64 Å². The molecule has 2 rings (SSSR count). The molecule has 0 unspecified atom stereocenters. The summed E-state index contributed by atoms with van der Waals surface area (Å²) in [6.07, 6.45) is 2.84. The molecule has 0 bridgehead atoms. The summed E-state index contributed by atoms with van der Waals surface area (Å²) in [7, 11) is 1.61. The number of Topliss-reactive ketones (excluding diaryl/α,β-unsaturated/α-hetero) is 1. The molecular weight excluding hydrogens is 256 g/mol. The third-order valence-corrected chi connectivity index (χ3v) is 4.33. The van der Waals surface area contributed by atoms with E-state index in [1.165, 1.54) is 0 Å². The van der Waals surface area contributed by atoms with Gasteiger partial charge in [0.05, 0.1) is 13.7 Å². The lowest BCUT2D eigenvalue weighted by Gasteiger charge is -2.50. The molecule has 1 fully saturated rings. The van der Waals surface area contributed by atoms with Crippen LogP contribution in [0.25, 0.3) is 0 Å². The maximum absolute atomic E-state index is 12.7. The maximum Gasteiger partial charge on any atom is 0.249 e. The first-order valence-electron chi connectivity index (χ1n) is 7.41. The Bertz CT molecular complexity index is 444. The van der Waals surface area contributed by atoms with Crippen LogP contribution in [0.1, 0.15) is 46.5 Å². The fourth-order valence-electron chi connectivity index (χ4n) is 3.32. The molecule has 0 N–H and O–H groups in total. The average molecular weight is 280 g/mol. The minimum Gasteiger partial charge on any atom is -0.483 e. The molecule has 112 valence electrons. The first kappa shape index (κ1) is 15.0. The molecule has 0 aromatic carbocycles. The van der Waals surface area contributed by atoms with Crippen molar-refractivity contribution in [2.24, 2.45) is 10.9 Å². The van der Waals surface area contributed by atoms with Crippen molar-refractivity contribution >= 4 is 17.6 Å². The number of carbonyl (C=O) groups excluding carboxylic acids is 2. The summed E-state index contributed by atoms with van der Waals surface area (Å²) in [5, 5.41) is 0. The predicted octanol–water partition coefficient (Wildman–Crippen LogP) is 1.80. The zero-order valence-corrected chi connectivity index (χ0v) is 12.8. The van der Waals surface area contributed by atoms with Gasteiger partial charge in [-0.25, -0.2) is 4.99 Å². The van der Waals surface area contributed by atoms with Crippen molar-refractivity contribution in [3.8, 4) is 0 Å². The highest BCUT2D eigenvalue weighted by Crippen LogP contribution is 2.38. The van der Waals surface area contributed by atoms with E-state index in [2.05, 4.69) is 11.9 Å². The Morgan fingerprint density at radius 3 is 2.70 bits per heavy atom. The Kier molecular flexibility index (Phi) is 4.16. The fourth-order valence-corrected chi connectivity index (χ4v) is 3.32. The number of rotatable bonds is 3. The minimum absolute atomic E-state index is 0.0256. The van der Waals surface area contributed by atoms with Crippen LogP contribution >= 0.6 is 0 Å². The average Bonchev–Trinajstić information content (AvgIpc) is 2.41. The summed E-state index contributed by atoms with van der Waals surface area (Å²) in [5.41, 5.74) is -0.500. The molecule has 20 heavy (non-hydrogen) atoms. The van der Waals surface area contributed by atoms with Gasteiger partial charge >= 0.3 is 0 Å². The summed E-state index contributed by atoms with van der Waals surface area (Å²) in [4.78, 5) is 30.8. The summed E-state index contributed by atoms with van der Waals surface area (Å²) >= 11 is 0. The van der Waals surface area contributed by atoms with Crippen molar-refractivity contribution in [1.29, 1.82) is 0 Å². The number of hydrogen-bond acceptors (Lipinski definition) is 4. The number of fused-ring (bicyclic) bond motifs is 1. The summed E-state index contributed by atoms with van der Waals surface area (Å²) in [6, 6.07) is -0.430. The van der Waals surface area contributed by atoms with Crippen LogP contribution in [0.3, 0.4) is 0 Å². The van der Waals surface area contributed by atoms with Crippen molar-refractivity contribution < 1.29 is 14.3 Å². The first-order chi connectivity index (χ1) is 9.46. The van der Waals surface area contributed by atoms with E-state index in [0.29, 0.717) is 18.7 Å². The smallest absolute Gasteiger partial charge is 0.249 e. The Morgan fingerprint density at radius 1 is 1.45 bits per heavy atom. The Morgan fingerprint density at radius 2 is 2.15 bits per heavy atom. The summed E-state index contributed by atoms with van der Waals surface area (Å²) in [5.74, 6) is 0.835. The molecule has 2 aliphatic heterocycles. The third-order valence-electron chi connectivity index (χ3n) is 4.33. The highest BCUT2D eigenvalue weighted by molar-refractivity contribution is 6.02. The number of nitrogens with zero attached hydrogens (tertiary/aromatic N) is 2. The number of piperidine rings is 1. The number of amides is 1. The van der Waals surface area contributed by atoms with Gasteiger partial charge in [0.2, 0.25) is 11.8 Å². The standard InChI is InChI=1S/C15H24N2O3/c1-5-7-15-8-6-11(18)9-17(15)13(19)12(10(2)3)16-14(15)20-4/h10,12H,5-9H2,1-4H3/t12-,15-/m0/s1. The number of ether oxygens (including phenoxy) is 1. The van der Waals surface area contributed by atoms with Crippen LogP contribution in [0.4, 0.5) is 0 Å². The molecule has 1 saturated heterocycles. The van der Waals surface area contributed by atoms with Gasteiger partial charge in [-0.1, -0.05) is 27.2 Å².